The van der Waals surface area contributed by atoms with Gasteiger partial charge in [-0.25, -0.2) is 0 Å². The maximum Gasteiger partial charge on any atom is 0.313 e. The fourth-order valence-electron chi connectivity index (χ4n) is 1.51. The molecule has 0 aromatic heterocycles. The van der Waals surface area contributed by atoms with Crippen LogP contribution in [0.2, 0.25) is 0 Å². The zero-order valence-corrected chi connectivity index (χ0v) is 9.73. The third kappa shape index (κ3) is 3.79. The van der Waals surface area contributed by atoms with Gasteiger partial charge < -0.3 is 14.8 Å². The summed E-state index contributed by atoms with van der Waals surface area (Å²) in [5, 5.41) is 11.3. The van der Waals surface area contributed by atoms with Gasteiger partial charge in [0.25, 0.3) is 0 Å². The number of rotatable bonds is 3. The molecule has 0 aromatic rings. The molecule has 2 atom stereocenters. The van der Waals surface area contributed by atoms with E-state index in [4.69, 9.17) is 14.7 Å². The molecule has 0 bridgehead atoms. The number of allylic oxidation sites excluding steroid dienone is 1. The van der Waals surface area contributed by atoms with Crippen LogP contribution in [0.3, 0.4) is 0 Å². The van der Waals surface area contributed by atoms with Gasteiger partial charge in [-0.3, -0.25) is 9.59 Å². The van der Waals surface area contributed by atoms with E-state index >= 15 is 0 Å². The van der Waals surface area contributed by atoms with Crippen LogP contribution >= 0.6 is 0 Å². The van der Waals surface area contributed by atoms with Crippen LogP contribution in [-0.2, 0) is 19.1 Å². The lowest BCUT2D eigenvalue weighted by atomic mass is 10.0. The highest BCUT2D eigenvalue weighted by Gasteiger charge is 2.29. The molecule has 1 amide bonds. The van der Waals surface area contributed by atoms with Crippen molar-refractivity contribution in [2.75, 3.05) is 6.61 Å². The molecule has 0 aliphatic carbocycles. The fraction of sp³-hybridized carbons (Fsp3) is 0.545. The molecular weight excluding hydrogens is 224 g/mol. The standard InChI is InChI=1S/C11H14N2O4/c1-3-16-11(15)8-4-9(6-12)17-10(5-8)13-7(2)14/h4,8,10H,3,5H2,1-2H3,(H,13,14)/t8-,10-/m1/s1. The maximum absolute atomic E-state index is 11.5. The summed E-state index contributed by atoms with van der Waals surface area (Å²) in [7, 11) is 0. The number of hydrogen-bond acceptors (Lipinski definition) is 5. The first-order chi connectivity index (χ1) is 8.06. The van der Waals surface area contributed by atoms with E-state index in [-0.39, 0.29) is 24.7 Å². The Balaban J connectivity index is 2.74. The zero-order chi connectivity index (χ0) is 12.8. The van der Waals surface area contributed by atoms with E-state index in [1.165, 1.54) is 13.0 Å². The van der Waals surface area contributed by atoms with Crippen LogP contribution in [0.1, 0.15) is 20.3 Å². The molecule has 0 aromatic carbocycles. The Kier molecular flexibility index (Phi) is 4.52. The summed E-state index contributed by atoms with van der Waals surface area (Å²) in [6, 6.07) is 1.81. The van der Waals surface area contributed by atoms with Crippen molar-refractivity contribution in [3.63, 3.8) is 0 Å². The average Bonchev–Trinajstić information content (AvgIpc) is 2.28. The number of nitriles is 1. The van der Waals surface area contributed by atoms with Crippen molar-refractivity contribution in [3.05, 3.63) is 11.8 Å². The molecule has 92 valence electrons. The quantitative estimate of drug-likeness (QED) is 0.721. The topological polar surface area (TPSA) is 88.4 Å². The zero-order valence-electron chi connectivity index (χ0n) is 9.73. The van der Waals surface area contributed by atoms with Crippen molar-refractivity contribution >= 4 is 11.9 Å². The van der Waals surface area contributed by atoms with Crippen LogP contribution in [0.15, 0.2) is 11.8 Å². The number of ether oxygens (including phenoxy) is 2. The van der Waals surface area contributed by atoms with Gasteiger partial charge in [0.1, 0.15) is 6.07 Å². The molecule has 0 unspecified atom stereocenters. The van der Waals surface area contributed by atoms with Crippen LogP contribution in [0.25, 0.3) is 0 Å². The highest BCUT2D eigenvalue weighted by Crippen LogP contribution is 2.21. The Morgan fingerprint density at radius 3 is 2.94 bits per heavy atom. The number of amides is 1. The van der Waals surface area contributed by atoms with Crippen LogP contribution in [0.4, 0.5) is 0 Å². The summed E-state index contributed by atoms with van der Waals surface area (Å²) in [6.07, 6.45) is 1.02. The highest BCUT2D eigenvalue weighted by atomic mass is 16.5. The van der Waals surface area contributed by atoms with Gasteiger partial charge in [0.05, 0.1) is 12.5 Å². The second kappa shape index (κ2) is 5.89. The molecule has 0 saturated heterocycles. The van der Waals surface area contributed by atoms with E-state index in [1.807, 2.05) is 6.07 Å². The second-order valence-corrected chi connectivity index (χ2v) is 3.54. The number of nitrogens with one attached hydrogen (secondary N) is 1. The predicted molar refractivity (Wildman–Crippen MR) is 57.1 cm³/mol. The van der Waals surface area contributed by atoms with Crippen LogP contribution in [-0.4, -0.2) is 24.7 Å². The van der Waals surface area contributed by atoms with E-state index in [0.717, 1.165) is 0 Å². The summed E-state index contributed by atoms with van der Waals surface area (Å²) in [5.41, 5.74) is 0. The number of nitrogens with zero attached hydrogens (tertiary/aromatic N) is 1. The summed E-state index contributed by atoms with van der Waals surface area (Å²) in [6.45, 7) is 3.32. The van der Waals surface area contributed by atoms with Gasteiger partial charge in [0.2, 0.25) is 5.91 Å². The Bertz CT molecular complexity index is 383. The average molecular weight is 238 g/mol. The van der Waals surface area contributed by atoms with Crippen molar-refractivity contribution in [3.8, 4) is 6.07 Å². The lowest BCUT2D eigenvalue weighted by molar-refractivity contribution is -0.148. The number of carbonyl (C=O) groups excluding carboxylic acids is 2. The van der Waals surface area contributed by atoms with Crippen molar-refractivity contribution in [2.24, 2.45) is 5.92 Å². The highest BCUT2D eigenvalue weighted by molar-refractivity contribution is 5.76. The molecule has 17 heavy (non-hydrogen) atoms. The molecule has 0 fully saturated rings. The third-order valence-electron chi connectivity index (χ3n) is 2.15. The Hall–Kier alpha value is -2.03. The maximum atomic E-state index is 11.5. The lowest BCUT2D eigenvalue weighted by Gasteiger charge is -2.26. The van der Waals surface area contributed by atoms with Gasteiger partial charge in [-0.1, -0.05) is 0 Å². The number of esters is 1. The molecule has 1 heterocycles. The van der Waals surface area contributed by atoms with Crippen molar-refractivity contribution in [1.29, 1.82) is 5.26 Å². The first-order valence-electron chi connectivity index (χ1n) is 5.29. The van der Waals surface area contributed by atoms with E-state index in [1.54, 1.807) is 6.92 Å². The molecular formula is C11H14N2O4. The monoisotopic (exact) mass is 238 g/mol. The van der Waals surface area contributed by atoms with Crippen LogP contribution in [0.5, 0.6) is 0 Å². The smallest absolute Gasteiger partial charge is 0.313 e. The van der Waals surface area contributed by atoms with E-state index < -0.39 is 18.1 Å². The van der Waals surface area contributed by atoms with Gasteiger partial charge in [0.15, 0.2) is 12.0 Å². The van der Waals surface area contributed by atoms with Crippen LogP contribution < -0.4 is 5.32 Å². The molecule has 6 nitrogen and oxygen atoms in total. The van der Waals surface area contributed by atoms with Crippen molar-refractivity contribution < 1.29 is 19.1 Å². The Morgan fingerprint density at radius 2 is 2.41 bits per heavy atom. The lowest BCUT2D eigenvalue weighted by Crippen LogP contribution is -2.40. The normalized spacial score (nSPS) is 22.8. The molecule has 1 aliphatic rings. The molecule has 1 rings (SSSR count). The molecule has 0 spiro atoms. The molecule has 0 radical (unpaired) electrons. The number of carbonyl (C=O) groups is 2. The minimum atomic E-state index is -0.665. The van der Waals surface area contributed by atoms with E-state index in [9.17, 15) is 9.59 Å². The predicted octanol–water partition coefficient (Wildman–Crippen LogP) is 0.456. The fourth-order valence-corrected chi connectivity index (χ4v) is 1.51. The minimum Gasteiger partial charge on any atom is -0.466 e. The van der Waals surface area contributed by atoms with Crippen LogP contribution in [0, 0.1) is 17.2 Å². The first-order valence-corrected chi connectivity index (χ1v) is 5.29. The second-order valence-electron chi connectivity index (χ2n) is 3.54. The third-order valence-corrected chi connectivity index (χ3v) is 2.15. The van der Waals surface area contributed by atoms with E-state index in [0.29, 0.717) is 0 Å². The molecule has 0 saturated carbocycles. The minimum absolute atomic E-state index is 0.0213. The van der Waals surface area contributed by atoms with Crippen molar-refractivity contribution in [1.82, 2.24) is 5.32 Å². The molecule has 6 heteroatoms. The van der Waals surface area contributed by atoms with Gasteiger partial charge in [0, 0.05) is 13.3 Å². The Morgan fingerprint density at radius 1 is 1.71 bits per heavy atom. The Labute approximate surface area is 99.2 Å². The summed E-state index contributed by atoms with van der Waals surface area (Å²) < 4.78 is 10.0. The summed E-state index contributed by atoms with van der Waals surface area (Å²) >= 11 is 0. The molecule has 1 N–H and O–H groups in total. The largest absolute Gasteiger partial charge is 0.466 e. The first kappa shape index (κ1) is 13.0. The SMILES string of the molecule is CCOC(=O)[C@@H]1C=C(C#N)O[C@@H](NC(C)=O)C1. The number of hydrogen-bond donors (Lipinski definition) is 1. The van der Waals surface area contributed by atoms with Crippen molar-refractivity contribution in [2.45, 2.75) is 26.5 Å². The molecule has 1 aliphatic heterocycles. The van der Waals surface area contributed by atoms with Gasteiger partial charge in [-0.2, -0.15) is 5.26 Å². The van der Waals surface area contributed by atoms with E-state index in [2.05, 4.69) is 5.32 Å². The van der Waals surface area contributed by atoms with Gasteiger partial charge in [-0.05, 0) is 13.0 Å². The summed E-state index contributed by atoms with van der Waals surface area (Å²) in [5.74, 6) is -1.24. The van der Waals surface area contributed by atoms with Gasteiger partial charge in [-0.15, -0.1) is 0 Å². The summed E-state index contributed by atoms with van der Waals surface area (Å²) in [4.78, 5) is 22.4. The van der Waals surface area contributed by atoms with Gasteiger partial charge >= 0.3 is 5.97 Å².